The van der Waals surface area contributed by atoms with E-state index in [1.807, 2.05) is 0 Å². The molecule has 2 aromatic rings. The van der Waals surface area contributed by atoms with Crippen molar-refractivity contribution in [1.29, 1.82) is 0 Å². The minimum atomic E-state index is -0.917. The lowest BCUT2D eigenvalue weighted by Gasteiger charge is -2.23. The molecule has 1 aliphatic rings. The van der Waals surface area contributed by atoms with Crippen LogP contribution in [0.15, 0.2) is 72.1 Å². The van der Waals surface area contributed by atoms with Gasteiger partial charge in [-0.3, -0.25) is 20.2 Å². The third-order valence-electron chi connectivity index (χ3n) is 3.93. The molecule has 3 rings (SSSR count). The maximum atomic E-state index is 12.0. The Morgan fingerprint density at radius 1 is 0.926 bits per heavy atom. The van der Waals surface area contributed by atoms with Gasteiger partial charge in [-0.1, -0.05) is 48.5 Å². The molecule has 27 heavy (non-hydrogen) atoms. The summed E-state index contributed by atoms with van der Waals surface area (Å²) in [6, 6.07) is 12.9. The van der Waals surface area contributed by atoms with Crippen LogP contribution in [0.1, 0.15) is 17.2 Å². The van der Waals surface area contributed by atoms with Gasteiger partial charge in [-0.25, -0.2) is 4.79 Å². The summed E-state index contributed by atoms with van der Waals surface area (Å²) in [7, 11) is 0. The van der Waals surface area contributed by atoms with Crippen LogP contribution in [0, 0.1) is 20.2 Å². The summed E-state index contributed by atoms with van der Waals surface area (Å²) >= 11 is 0. The van der Waals surface area contributed by atoms with Crippen molar-refractivity contribution in [1.82, 2.24) is 10.6 Å². The van der Waals surface area contributed by atoms with Gasteiger partial charge in [-0.2, -0.15) is 0 Å². The maximum absolute atomic E-state index is 12.0. The normalized spacial score (nSPS) is 16.7. The summed E-state index contributed by atoms with van der Waals surface area (Å²) < 4.78 is 0. The Hall–Kier alpha value is -4.01. The summed E-state index contributed by atoms with van der Waals surface area (Å²) in [6.07, 6.45) is 2.84. The van der Waals surface area contributed by atoms with Crippen LogP contribution in [0.3, 0.4) is 0 Å². The van der Waals surface area contributed by atoms with E-state index in [0.29, 0.717) is 11.1 Å². The van der Waals surface area contributed by atoms with E-state index in [-0.39, 0.29) is 17.1 Å². The van der Waals surface area contributed by atoms with Crippen LogP contribution in [-0.4, -0.2) is 15.9 Å². The molecule has 0 bridgehead atoms. The summed E-state index contributed by atoms with van der Waals surface area (Å²) in [5.74, 6) is 0. The van der Waals surface area contributed by atoms with Crippen molar-refractivity contribution >= 4 is 17.8 Å². The van der Waals surface area contributed by atoms with E-state index in [0.717, 1.165) is 0 Å². The van der Waals surface area contributed by atoms with Gasteiger partial charge in [0.1, 0.15) is 11.7 Å². The van der Waals surface area contributed by atoms with Crippen LogP contribution >= 0.6 is 0 Å². The lowest BCUT2D eigenvalue weighted by molar-refractivity contribution is -0.432. The number of benzene rings is 2. The van der Waals surface area contributed by atoms with Crippen molar-refractivity contribution < 1.29 is 14.6 Å². The third kappa shape index (κ3) is 3.98. The number of carbonyl (C=O) groups excluding carboxylic acids is 1. The van der Waals surface area contributed by atoms with Crippen molar-refractivity contribution in [3.05, 3.63) is 103 Å². The first kappa shape index (κ1) is 17.8. The van der Waals surface area contributed by atoms with E-state index in [2.05, 4.69) is 10.6 Å². The predicted octanol–water partition coefficient (Wildman–Crippen LogP) is 3.15. The fraction of sp³-hybridized carbons (Fsp3) is 0.0556. The Morgan fingerprint density at radius 3 is 2.33 bits per heavy atom. The molecule has 0 spiro atoms. The van der Waals surface area contributed by atoms with Crippen LogP contribution in [-0.2, 0) is 0 Å². The largest absolute Gasteiger partial charge is 0.321 e. The Labute approximate surface area is 153 Å². The molecule has 0 saturated heterocycles. The first-order chi connectivity index (χ1) is 13.0. The second kappa shape index (κ2) is 7.48. The molecular formula is C18H14N4O5. The second-order valence-corrected chi connectivity index (χ2v) is 5.68. The fourth-order valence-corrected chi connectivity index (χ4v) is 2.72. The molecule has 1 atom stereocenters. The molecule has 0 aliphatic carbocycles. The number of rotatable bonds is 5. The highest BCUT2D eigenvalue weighted by atomic mass is 16.6. The highest BCUT2D eigenvalue weighted by molar-refractivity contribution is 5.80. The summed E-state index contributed by atoms with van der Waals surface area (Å²) in [5.41, 5.74) is 0.743. The molecular weight excluding hydrogens is 352 g/mol. The molecule has 9 nitrogen and oxygen atoms in total. The van der Waals surface area contributed by atoms with Gasteiger partial charge < -0.3 is 10.6 Å². The molecule has 2 amide bonds. The van der Waals surface area contributed by atoms with Crippen LogP contribution < -0.4 is 10.6 Å². The fourth-order valence-electron chi connectivity index (χ4n) is 2.72. The summed E-state index contributed by atoms with van der Waals surface area (Å²) in [5, 5.41) is 27.5. The molecule has 9 heteroatoms. The zero-order chi connectivity index (χ0) is 19.4. The number of carbonyl (C=O) groups is 1. The first-order valence-electron chi connectivity index (χ1n) is 7.89. The lowest BCUT2D eigenvalue weighted by atomic mass is 10.0. The molecule has 2 N–H and O–H groups in total. The molecule has 0 radical (unpaired) electrons. The summed E-state index contributed by atoms with van der Waals surface area (Å²) in [4.78, 5) is 33.4. The number of non-ortho nitro benzene ring substituents is 1. The van der Waals surface area contributed by atoms with Gasteiger partial charge in [0.2, 0.25) is 0 Å². The van der Waals surface area contributed by atoms with Gasteiger partial charge in [-0.05, 0) is 17.2 Å². The van der Waals surface area contributed by atoms with E-state index in [1.54, 1.807) is 36.4 Å². The number of nitro benzene ring substituents is 1. The number of hydrogen-bond acceptors (Lipinski definition) is 5. The number of nitro groups is 2. The van der Waals surface area contributed by atoms with Gasteiger partial charge in [0.15, 0.2) is 0 Å². The smallest absolute Gasteiger partial charge is 0.320 e. The van der Waals surface area contributed by atoms with Crippen molar-refractivity contribution in [2.24, 2.45) is 0 Å². The van der Waals surface area contributed by atoms with E-state index >= 15 is 0 Å². The van der Waals surface area contributed by atoms with Gasteiger partial charge in [0.05, 0.1) is 9.85 Å². The molecule has 136 valence electrons. The number of nitrogens with zero attached hydrogens (tertiary/aromatic N) is 2. The zero-order valence-electron chi connectivity index (χ0n) is 13.9. The molecule has 0 aromatic heterocycles. The quantitative estimate of drug-likeness (QED) is 0.620. The Kier molecular flexibility index (Phi) is 4.93. The van der Waals surface area contributed by atoms with Crippen LogP contribution in [0.4, 0.5) is 10.5 Å². The number of amides is 2. The van der Waals surface area contributed by atoms with E-state index in [9.17, 15) is 25.0 Å². The minimum Gasteiger partial charge on any atom is -0.321 e. The van der Waals surface area contributed by atoms with Crippen molar-refractivity contribution in [2.75, 3.05) is 0 Å². The number of nitrogens with one attached hydrogen (secondary N) is 2. The first-order valence-corrected chi connectivity index (χ1v) is 7.89. The number of hydrogen-bond donors (Lipinski definition) is 2. The average molecular weight is 366 g/mol. The number of urea groups is 1. The Bertz CT molecular complexity index is 969. The Balaban J connectivity index is 2.02. The van der Waals surface area contributed by atoms with Gasteiger partial charge in [0.25, 0.3) is 11.4 Å². The molecule has 1 heterocycles. The highest BCUT2D eigenvalue weighted by Crippen LogP contribution is 2.27. The van der Waals surface area contributed by atoms with Crippen molar-refractivity contribution in [3.63, 3.8) is 0 Å². The van der Waals surface area contributed by atoms with Crippen LogP contribution in [0.5, 0.6) is 0 Å². The van der Waals surface area contributed by atoms with Crippen LogP contribution in [0.2, 0.25) is 0 Å². The maximum Gasteiger partial charge on any atom is 0.320 e. The monoisotopic (exact) mass is 366 g/mol. The average Bonchev–Trinajstić information content (AvgIpc) is 2.66. The Morgan fingerprint density at radius 2 is 1.67 bits per heavy atom. The van der Waals surface area contributed by atoms with E-state index in [4.69, 9.17) is 0 Å². The van der Waals surface area contributed by atoms with Gasteiger partial charge >= 0.3 is 6.03 Å². The van der Waals surface area contributed by atoms with E-state index in [1.165, 1.54) is 30.4 Å². The molecule has 2 aromatic carbocycles. The third-order valence-corrected chi connectivity index (χ3v) is 3.93. The second-order valence-electron chi connectivity index (χ2n) is 5.68. The predicted molar refractivity (Wildman–Crippen MR) is 97.0 cm³/mol. The van der Waals surface area contributed by atoms with Gasteiger partial charge in [-0.15, -0.1) is 0 Å². The van der Waals surface area contributed by atoms with Crippen LogP contribution in [0.25, 0.3) is 6.08 Å². The van der Waals surface area contributed by atoms with Crippen molar-refractivity contribution in [3.8, 4) is 0 Å². The molecule has 1 aliphatic heterocycles. The lowest BCUT2D eigenvalue weighted by Crippen LogP contribution is -2.45. The highest BCUT2D eigenvalue weighted by Gasteiger charge is 2.35. The minimum absolute atomic E-state index is 0.0177. The van der Waals surface area contributed by atoms with E-state index < -0.39 is 21.9 Å². The molecule has 0 fully saturated rings. The SMILES string of the molecule is O=C1NC(/C=C/c2cccc([N+](=O)[O-])c2)=C([N+](=O)[O-])[C@@H](c2ccccc2)N1. The molecule has 0 unspecified atom stereocenters. The topological polar surface area (TPSA) is 127 Å². The van der Waals surface area contributed by atoms with Gasteiger partial charge in [0, 0.05) is 12.1 Å². The zero-order valence-corrected chi connectivity index (χ0v) is 13.9. The number of allylic oxidation sites excluding steroid dienone is 1. The summed E-state index contributed by atoms with van der Waals surface area (Å²) in [6.45, 7) is 0. The van der Waals surface area contributed by atoms with Crippen molar-refractivity contribution in [2.45, 2.75) is 6.04 Å². The standard InChI is InChI=1S/C18H14N4O5/c23-18-19-15(10-9-12-5-4-8-14(11-12)21(24)25)17(22(26)27)16(20-18)13-6-2-1-3-7-13/h1-11,16H,(H2,19,20,23)/b10-9+/t16-/m1/s1. The molecule has 0 saturated carbocycles.